The molecule has 0 radical (unpaired) electrons. The van der Waals surface area contributed by atoms with E-state index in [1.165, 1.54) is 12.1 Å². The van der Waals surface area contributed by atoms with Crippen LogP contribution < -0.4 is 10.1 Å². The molecular weight excluding hydrogens is 335 g/mol. The molecule has 1 heterocycles. The first-order chi connectivity index (χ1) is 12.6. The summed E-state index contributed by atoms with van der Waals surface area (Å²) in [4.78, 5) is 26.0. The first-order valence-electron chi connectivity index (χ1n) is 8.65. The lowest BCUT2D eigenvalue weighted by Crippen LogP contribution is -2.38. The summed E-state index contributed by atoms with van der Waals surface area (Å²) in [6.07, 6.45) is 2.04. The number of rotatable bonds is 6. The molecule has 2 aromatic carbocycles. The molecule has 0 spiro atoms. The van der Waals surface area contributed by atoms with Crippen LogP contribution in [0, 0.1) is 5.82 Å². The third kappa shape index (κ3) is 4.81. The van der Waals surface area contributed by atoms with Gasteiger partial charge in [0.15, 0.2) is 0 Å². The van der Waals surface area contributed by atoms with E-state index in [9.17, 15) is 14.0 Å². The lowest BCUT2D eigenvalue weighted by molar-refractivity contribution is -0.129. The van der Waals surface area contributed by atoms with Gasteiger partial charge in [0.25, 0.3) is 5.91 Å². The fraction of sp³-hybridized carbons (Fsp3) is 0.300. The maximum absolute atomic E-state index is 12.9. The first-order valence-corrected chi connectivity index (χ1v) is 8.65. The van der Waals surface area contributed by atoms with Crippen molar-refractivity contribution in [1.29, 1.82) is 0 Å². The van der Waals surface area contributed by atoms with Gasteiger partial charge in [-0.3, -0.25) is 9.59 Å². The number of hydrogen-bond donors (Lipinski definition) is 1. The third-order valence-corrected chi connectivity index (χ3v) is 4.27. The number of ether oxygens (including phenoxy) is 1. The normalized spacial score (nSPS) is 13.5. The van der Waals surface area contributed by atoms with Gasteiger partial charge in [-0.1, -0.05) is 18.2 Å². The topological polar surface area (TPSA) is 58.6 Å². The van der Waals surface area contributed by atoms with Crippen LogP contribution in [0.3, 0.4) is 0 Å². The zero-order chi connectivity index (χ0) is 18.4. The Morgan fingerprint density at radius 3 is 2.54 bits per heavy atom. The van der Waals surface area contributed by atoms with Crippen molar-refractivity contribution >= 4 is 11.8 Å². The van der Waals surface area contributed by atoms with Crippen molar-refractivity contribution in [2.75, 3.05) is 19.6 Å². The van der Waals surface area contributed by atoms with Crippen molar-refractivity contribution in [3.8, 4) is 5.75 Å². The predicted octanol–water partition coefficient (Wildman–Crippen LogP) is 2.76. The summed E-state index contributed by atoms with van der Waals surface area (Å²) >= 11 is 0. The highest BCUT2D eigenvalue weighted by molar-refractivity contribution is 5.96. The third-order valence-electron chi connectivity index (χ3n) is 4.27. The highest BCUT2D eigenvalue weighted by atomic mass is 19.1. The van der Waals surface area contributed by atoms with Crippen molar-refractivity contribution in [3.05, 3.63) is 65.5 Å². The van der Waals surface area contributed by atoms with Gasteiger partial charge in [0.05, 0.1) is 6.54 Å². The molecule has 1 fully saturated rings. The highest BCUT2D eigenvalue weighted by Gasteiger charge is 2.18. The Hall–Kier alpha value is -2.89. The molecule has 6 heteroatoms. The highest BCUT2D eigenvalue weighted by Crippen LogP contribution is 2.15. The first kappa shape index (κ1) is 17.9. The van der Waals surface area contributed by atoms with Crippen LogP contribution in [-0.2, 0) is 11.4 Å². The van der Waals surface area contributed by atoms with Crippen molar-refractivity contribution in [1.82, 2.24) is 10.2 Å². The van der Waals surface area contributed by atoms with Crippen LogP contribution in [0.5, 0.6) is 5.75 Å². The molecule has 0 aromatic heterocycles. The van der Waals surface area contributed by atoms with Crippen molar-refractivity contribution in [2.45, 2.75) is 19.4 Å². The summed E-state index contributed by atoms with van der Waals surface area (Å²) < 4.78 is 18.6. The molecule has 0 aliphatic carbocycles. The monoisotopic (exact) mass is 356 g/mol. The molecule has 0 atom stereocenters. The molecule has 1 aliphatic heterocycles. The van der Waals surface area contributed by atoms with Gasteiger partial charge in [0.1, 0.15) is 18.2 Å². The zero-order valence-corrected chi connectivity index (χ0v) is 14.4. The molecule has 1 saturated heterocycles. The molecule has 3 rings (SSSR count). The van der Waals surface area contributed by atoms with E-state index in [-0.39, 0.29) is 30.8 Å². The van der Waals surface area contributed by atoms with Crippen molar-refractivity contribution < 1.29 is 18.7 Å². The second-order valence-electron chi connectivity index (χ2n) is 6.21. The summed E-state index contributed by atoms with van der Waals surface area (Å²) in [6, 6.07) is 12.8. The Morgan fingerprint density at radius 1 is 1.08 bits per heavy atom. The van der Waals surface area contributed by atoms with Gasteiger partial charge in [-0.25, -0.2) is 4.39 Å². The number of nitrogens with zero attached hydrogens (tertiary/aromatic N) is 1. The summed E-state index contributed by atoms with van der Waals surface area (Å²) in [5, 5.41) is 2.66. The number of hydrogen-bond acceptors (Lipinski definition) is 3. The van der Waals surface area contributed by atoms with Crippen LogP contribution in [0.25, 0.3) is 0 Å². The molecule has 1 N–H and O–H groups in total. The van der Waals surface area contributed by atoms with Gasteiger partial charge in [-0.05, 0) is 48.7 Å². The molecule has 1 aliphatic rings. The van der Waals surface area contributed by atoms with Crippen LogP contribution in [0.2, 0.25) is 0 Å². The molecule has 136 valence electrons. The Balaban J connectivity index is 1.53. The number of nitrogens with one attached hydrogen (secondary N) is 1. The molecule has 0 saturated carbocycles. The van der Waals surface area contributed by atoms with E-state index < -0.39 is 0 Å². The smallest absolute Gasteiger partial charge is 0.251 e. The predicted molar refractivity (Wildman–Crippen MR) is 95.3 cm³/mol. The van der Waals surface area contributed by atoms with E-state index in [0.29, 0.717) is 11.3 Å². The second kappa shape index (κ2) is 8.47. The molecule has 2 aromatic rings. The maximum atomic E-state index is 12.9. The van der Waals surface area contributed by atoms with Crippen LogP contribution >= 0.6 is 0 Å². The van der Waals surface area contributed by atoms with Crippen LogP contribution in [0.15, 0.2) is 48.5 Å². The minimum absolute atomic E-state index is 0.000498. The summed E-state index contributed by atoms with van der Waals surface area (Å²) in [5.41, 5.74) is 1.26. The molecule has 5 nitrogen and oxygen atoms in total. The van der Waals surface area contributed by atoms with Gasteiger partial charge in [0.2, 0.25) is 5.91 Å². The minimum atomic E-state index is -0.315. The van der Waals surface area contributed by atoms with E-state index in [0.717, 1.165) is 31.5 Å². The second-order valence-corrected chi connectivity index (χ2v) is 6.21. The van der Waals surface area contributed by atoms with Gasteiger partial charge >= 0.3 is 0 Å². The Labute approximate surface area is 151 Å². The maximum Gasteiger partial charge on any atom is 0.251 e. The molecule has 0 bridgehead atoms. The fourth-order valence-electron chi connectivity index (χ4n) is 2.81. The van der Waals surface area contributed by atoms with E-state index in [2.05, 4.69) is 5.32 Å². The van der Waals surface area contributed by atoms with E-state index in [1.54, 1.807) is 41.3 Å². The lowest BCUT2D eigenvalue weighted by atomic mass is 10.2. The number of halogens is 1. The standard InChI is InChI=1S/C20H21FN2O3/c21-17-8-6-15(7-9-17)14-26-18-5-3-4-16(12-18)20(25)22-13-19(24)23-10-1-2-11-23/h3-9,12H,1-2,10-11,13-14H2,(H,22,25). The van der Waals surface area contributed by atoms with Gasteiger partial charge in [-0.15, -0.1) is 0 Å². The SMILES string of the molecule is O=C(NCC(=O)N1CCCC1)c1cccc(OCc2ccc(F)cc2)c1. The minimum Gasteiger partial charge on any atom is -0.489 e. The molecule has 26 heavy (non-hydrogen) atoms. The van der Waals surface area contributed by atoms with Crippen LogP contribution in [0.1, 0.15) is 28.8 Å². The number of likely N-dealkylation sites (tertiary alicyclic amines) is 1. The Kier molecular flexibility index (Phi) is 5.84. The summed E-state index contributed by atoms with van der Waals surface area (Å²) in [6.45, 7) is 1.81. The largest absolute Gasteiger partial charge is 0.489 e. The van der Waals surface area contributed by atoms with Crippen LogP contribution in [0.4, 0.5) is 4.39 Å². The van der Waals surface area contributed by atoms with Gasteiger partial charge < -0.3 is 15.0 Å². The van der Waals surface area contributed by atoms with Gasteiger partial charge in [0, 0.05) is 18.7 Å². The molecule has 2 amide bonds. The average Bonchev–Trinajstić information content (AvgIpc) is 3.20. The lowest BCUT2D eigenvalue weighted by Gasteiger charge is -2.15. The zero-order valence-electron chi connectivity index (χ0n) is 14.4. The number of benzene rings is 2. The number of carbonyl (C=O) groups excluding carboxylic acids is 2. The Morgan fingerprint density at radius 2 is 1.81 bits per heavy atom. The van der Waals surface area contributed by atoms with Gasteiger partial charge in [-0.2, -0.15) is 0 Å². The number of amides is 2. The summed E-state index contributed by atoms with van der Waals surface area (Å²) in [7, 11) is 0. The van der Waals surface area contributed by atoms with Crippen molar-refractivity contribution in [2.24, 2.45) is 0 Å². The van der Waals surface area contributed by atoms with E-state index in [4.69, 9.17) is 4.74 Å². The molecule has 0 unspecified atom stereocenters. The fourth-order valence-corrected chi connectivity index (χ4v) is 2.81. The number of carbonyl (C=O) groups is 2. The quantitative estimate of drug-likeness (QED) is 0.866. The van der Waals surface area contributed by atoms with E-state index >= 15 is 0 Å². The molecular formula is C20H21FN2O3. The average molecular weight is 356 g/mol. The van der Waals surface area contributed by atoms with E-state index in [1.807, 2.05) is 0 Å². The summed E-state index contributed by atoms with van der Waals surface area (Å²) in [5.74, 6) is -0.131. The van der Waals surface area contributed by atoms with Crippen LogP contribution in [-0.4, -0.2) is 36.3 Å². The Bertz CT molecular complexity index is 771. The van der Waals surface area contributed by atoms with Crippen molar-refractivity contribution in [3.63, 3.8) is 0 Å².